The fourth-order valence-corrected chi connectivity index (χ4v) is 1.48. The number of aryl methyl sites for hydroxylation is 2. The molecule has 0 bridgehead atoms. The Bertz CT molecular complexity index is 473. The first-order valence-electron chi connectivity index (χ1n) is 5.09. The van der Waals surface area contributed by atoms with Gasteiger partial charge in [-0.25, -0.2) is 4.68 Å². The van der Waals surface area contributed by atoms with Gasteiger partial charge in [0, 0.05) is 25.2 Å². The van der Waals surface area contributed by atoms with Gasteiger partial charge in [-0.3, -0.25) is 0 Å². The molecule has 0 fully saturated rings. The van der Waals surface area contributed by atoms with Gasteiger partial charge < -0.3 is 14.9 Å². The quantitative estimate of drug-likeness (QED) is 0.846. The van der Waals surface area contributed by atoms with Crippen LogP contribution in [-0.4, -0.2) is 9.78 Å². The number of hydrogen-bond acceptors (Lipinski definition) is 4. The van der Waals surface area contributed by atoms with Crippen molar-refractivity contribution in [3.63, 3.8) is 0 Å². The predicted molar refractivity (Wildman–Crippen MR) is 58.9 cm³/mol. The van der Waals surface area contributed by atoms with Crippen molar-refractivity contribution in [2.45, 2.75) is 20.1 Å². The highest BCUT2D eigenvalue weighted by molar-refractivity contribution is 5.16. The largest absolute Gasteiger partial charge is 0.470 e. The van der Waals surface area contributed by atoms with Crippen molar-refractivity contribution >= 4 is 0 Å². The van der Waals surface area contributed by atoms with Gasteiger partial charge in [0.2, 0.25) is 5.88 Å². The van der Waals surface area contributed by atoms with Crippen molar-refractivity contribution in [1.29, 1.82) is 0 Å². The molecular weight excluding hydrogens is 206 g/mol. The third kappa shape index (κ3) is 2.25. The van der Waals surface area contributed by atoms with Crippen LogP contribution in [0.1, 0.15) is 17.0 Å². The topological polar surface area (TPSA) is 66.2 Å². The van der Waals surface area contributed by atoms with Crippen LogP contribution < -0.4 is 10.5 Å². The van der Waals surface area contributed by atoms with Crippen LogP contribution in [0, 0.1) is 6.92 Å². The van der Waals surface area contributed by atoms with Gasteiger partial charge in [0.05, 0.1) is 12.0 Å². The average Bonchev–Trinajstić information content (AvgIpc) is 2.82. The lowest BCUT2D eigenvalue weighted by Crippen LogP contribution is -2.00. The Balaban J connectivity index is 1.99. The SMILES string of the molecule is Cc1cc(OCc2cc(CN)co2)n(C)n1. The lowest BCUT2D eigenvalue weighted by atomic mass is 10.3. The highest BCUT2D eigenvalue weighted by atomic mass is 16.5. The Morgan fingerprint density at radius 3 is 2.88 bits per heavy atom. The maximum absolute atomic E-state index is 5.57. The molecule has 0 aromatic carbocycles. The standard InChI is InChI=1S/C11H15N3O2/c1-8-3-11(14(2)13-8)16-7-10-4-9(5-12)6-15-10/h3-4,6H,5,7,12H2,1-2H3. The number of hydrogen-bond donors (Lipinski definition) is 1. The van der Waals surface area contributed by atoms with Crippen LogP contribution in [0.5, 0.6) is 5.88 Å². The molecule has 0 atom stereocenters. The molecule has 2 N–H and O–H groups in total. The summed E-state index contributed by atoms with van der Waals surface area (Å²) in [7, 11) is 1.84. The highest BCUT2D eigenvalue weighted by Gasteiger charge is 2.05. The summed E-state index contributed by atoms with van der Waals surface area (Å²) >= 11 is 0. The zero-order valence-electron chi connectivity index (χ0n) is 9.43. The number of aromatic nitrogens is 2. The normalized spacial score (nSPS) is 10.7. The Morgan fingerprint density at radius 1 is 1.50 bits per heavy atom. The van der Waals surface area contributed by atoms with E-state index in [1.807, 2.05) is 26.1 Å². The monoisotopic (exact) mass is 221 g/mol. The van der Waals surface area contributed by atoms with Crippen molar-refractivity contribution in [3.8, 4) is 5.88 Å². The molecule has 2 aromatic rings. The van der Waals surface area contributed by atoms with E-state index in [2.05, 4.69) is 5.10 Å². The minimum atomic E-state index is 0.388. The zero-order chi connectivity index (χ0) is 11.5. The molecule has 0 aliphatic rings. The lowest BCUT2D eigenvalue weighted by Gasteiger charge is -2.02. The molecule has 2 aromatic heterocycles. The molecule has 0 aliphatic heterocycles. The molecule has 0 saturated carbocycles. The van der Waals surface area contributed by atoms with Crippen molar-refractivity contribution in [2.24, 2.45) is 12.8 Å². The minimum Gasteiger partial charge on any atom is -0.470 e. The highest BCUT2D eigenvalue weighted by Crippen LogP contribution is 2.14. The maximum Gasteiger partial charge on any atom is 0.212 e. The van der Waals surface area contributed by atoms with Crippen LogP contribution in [-0.2, 0) is 20.2 Å². The van der Waals surface area contributed by atoms with Gasteiger partial charge >= 0.3 is 0 Å². The second-order valence-electron chi connectivity index (χ2n) is 3.66. The Hall–Kier alpha value is -1.75. The van der Waals surface area contributed by atoms with E-state index in [0.717, 1.165) is 22.9 Å². The summed E-state index contributed by atoms with van der Waals surface area (Å²) in [5, 5.41) is 4.19. The average molecular weight is 221 g/mol. The van der Waals surface area contributed by atoms with Gasteiger partial charge in [-0.15, -0.1) is 0 Å². The van der Waals surface area contributed by atoms with Gasteiger partial charge in [-0.05, 0) is 13.0 Å². The van der Waals surface area contributed by atoms with Crippen molar-refractivity contribution < 1.29 is 9.15 Å². The third-order valence-corrected chi connectivity index (χ3v) is 2.27. The molecule has 0 aliphatic carbocycles. The van der Waals surface area contributed by atoms with E-state index in [1.165, 1.54) is 0 Å². The van der Waals surface area contributed by atoms with Gasteiger partial charge in [0.1, 0.15) is 12.4 Å². The Kier molecular flexibility index (Phi) is 2.96. The molecule has 16 heavy (non-hydrogen) atoms. The summed E-state index contributed by atoms with van der Waals surface area (Å²) in [6.07, 6.45) is 1.65. The van der Waals surface area contributed by atoms with Crippen LogP contribution in [0.4, 0.5) is 0 Å². The molecule has 5 nitrogen and oxygen atoms in total. The molecule has 0 unspecified atom stereocenters. The van der Waals surface area contributed by atoms with E-state index < -0.39 is 0 Å². The number of rotatable bonds is 4. The summed E-state index contributed by atoms with van der Waals surface area (Å²) in [5.41, 5.74) is 7.39. The molecule has 0 saturated heterocycles. The van der Waals surface area contributed by atoms with Crippen LogP contribution >= 0.6 is 0 Å². The minimum absolute atomic E-state index is 0.388. The fraction of sp³-hybridized carbons (Fsp3) is 0.364. The second kappa shape index (κ2) is 4.40. The van der Waals surface area contributed by atoms with E-state index in [1.54, 1.807) is 10.9 Å². The number of nitrogens with two attached hydrogens (primary N) is 1. The Morgan fingerprint density at radius 2 is 2.31 bits per heavy atom. The van der Waals surface area contributed by atoms with Crippen molar-refractivity contribution in [1.82, 2.24) is 9.78 Å². The summed E-state index contributed by atoms with van der Waals surface area (Å²) in [5.74, 6) is 1.49. The zero-order valence-corrected chi connectivity index (χ0v) is 9.43. The van der Waals surface area contributed by atoms with Gasteiger partial charge in [0.15, 0.2) is 0 Å². The number of ether oxygens (including phenoxy) is 1. The maximum atomic E-state index is 5.57. The number of nitrogens with zero attached hydrogens (tertiary/aromatic N) is 2. The number of furan rings is 1. The first kappa shape index (κ1) is 10.8. The summed E-state index contributed by atoms with van der Waals surface area (Å²) < 4.78 is 12.6. The molecule has 2 heterocycles. The molecule has 0 spiro atoms. The van der Waals surface area contributed by atoms with Crippen LogP contribution in [0.3, 0.4) is 0 Å². The molecule has 2 rings (SSSR count). The first-order chi connectivity index (χ1) is 7.69. The van der Waals surface area contributed by atoms with Crippen LogP contribution in [0.25, 0.3) is 0 Å². The van der Waals surface area contributed by atoms with E-state index in [0.29, 0.717) is 13.2 Å². The predicted octanol–water partition coefficient (Wildman–Crippen LogP) is 1.36. The molecular formula is C11H15N3O2. The summed E-state index contributed by atoms with van der Waals surface area (Å²) in [6.45, 7) is 2.79. The van der Waals surface area contributed by atoms with Crippen LogP contribution in [0.2, 0.25) is 0 Å². The Labute approximate surface area is 93.8 Å². The molecule has 86 valence electrons. The van der Waals surface area contributed by atoms with Gasteiger partial charge in [-0.2, -0.15) is 5.10 Å². The molecule has 0 radical (unpaired) electrons. The second-order valence-corrected chi connectivity index (χ2v) is 3.66. The van der Waals surface area contributed by atoms with E-state index in [-0.39, 0.29) is 0 Å². The smallest absolute Gasteiger partial charge is 0.212 e. The molecule has 0 amide bonds. The van der Waals surface area contributed by atoms with Gasteiger partial charge in [0.25, 0.3) is 0 Å². The molecule has 5 heteroatoms. The van der Waals surface area contributed by atoms with E-state index in [9.17, 15) is 0 Å². The lowest BCUT2D eigenvalue weighted by molar-refractivity contribution is 0.249. The third-order valence-electron chi connectivity index (χ3n) is 2.27. The van der Waals surface area contributed by atoms with Crippen molar-refractivity contribution in [2.75, 3.05) is 0 Å². The van der Waals surface area contributed by atoms with Crippen LogP contribution in [0.15, 0.2) is 22.8 Å². The van der Waals surface area contributed by atoms with Gasteiger partial charge in [-0.1, -0.05) is 0 Å². The fourth-order valence-electron chi connectivity index (χ4n) is 1.48. The van der Waals surface area contributed by atoms with Crippen molar-refractivity contribution in [3.05, 3.63) is 35.4 Å². The van der Waals surface area contributed by atoms with E-state index >= 15 is 0 Å². The summed E-state index contributed by atoms with van der Waals surface area (Å²) in [6, 6.07) is 3.77. The summed E-state index contributed by atoms with van der Waals surface area (Å²) in [4.78, 5) is 0. The van der Waals surface area contributed by atoms with E-state index in [4.69, 9.17) is 14.9 Å². The first-order valence-corrected chi connectivity index (χ1v) is 5.09.